The van der Waals surface area contributed by atoms with E-state index in [2.05, 4.69) is 32.5 Å². The van der Waals surface area contributed by atoms with Gasteiger partial charge in [-0.3, -0.25) is 0 Å². The van der Waals surface area contributed by atoms with E-state index in [1.54, 1.807) is 0 Å². The normalized spacial score (nSPS) is 10.8. The maximum absolute atomic E-state index is 9.10. The smallest absolute Gasteiger partial charge is 0.216 e. The van der Waals surface area contributed by atoms with E-state index in [0.717, 1.165) is 11.3 Å². The summed E-state index contributed by atoms with van der Waals surface area (Å²) >= 11 is 0. The lowest BCUT2D eigenvalue weighted by molar-refractivity contribution is 0.354. The molecule has 7 heteroatoms. The summed E-state index contributed by atoms with van der Waals surface area (Å²) in [5.74, 6) is 0.896. The van der Waals surface area contributed by atoms with Crippen LogP contribution in [0.1, 0.15) is 12.7 Å². The molecule has 2 aromatic rings. The molecular weight excluding hydrogens is 268 g/mol. The highest BCUT2D eigenvalue weighted by atomic mass is 16.5. The summed E-state index contributed by atoms with van der Waals surface area (Å²) in [5, 5.41) is 25.4. The highest BCUT2D eigenvalue weighted by molar-refractivity contribution is 5.74. The molecule has 7 nitrogen and oxygen atoms in total. The Balaban J connectivity index is 2.16. The van der Waals surface area contributed by atoms with Gasteiger partial charge in [-0.2, -0.15) is 10.5 Å². The fraction of sp³-hybridized carbons (Fsp3) is 0.143. The summed E-state index contributed by atoms with van der Waals surface area (Å²) in [4.78, 5) is 0. The van der Waals surface area contributed by atoms with Gasteiger partial charge in [0.05, 0.1) is 5.69 Å². The van der Waals surface area contributed by atoms with Gasteiger partial charge in [0.2, 0.25) is 5.82 Å². The summed E-state index contributed by atoms with van der Waals surface area (Å²) in [7, 11) is 0. The number of nitrogens with zero attached hydrogens (tertiary/aromatic N) is 4. The van der Waals surface area contributed by atoms with Crippen LogP contribution in [0.25, 0.3) is 5.57 Å². The summed E-state index contributed by atoms with van der Waals surface area (Å²) in [6.07, 6.45) is 1.51. The Morgan fingerprint density at radius 2 is 2.33 bits per heavy atom. The summed E-state index contributed by atoms with van der Waals surface area (Å²) < 4.78 is 5.63. The predicted octanol–water partition coefficient (Wildman–Crippen LogP) is 2.13. The molecule has 0 fully saturated rings. The maximum Gasteiger partial charge on any atom is 0.216 e. The first-order valence-corrected chi connectivity index (χ1v) is 6.17. The first kappa shape index (κ1) is 14.3. The van der Waals surface area contributed by atoms with Gasteiger partial charge in [0, 0.05) is 6.20 Å². The molecule has 1 aromatic heterocycles. The van der Waals surface area contributed by atoms with E-state index >= 15 is 0 Å². The van der Waals surface area contributed by atoms with Crippen molar-refractivity contribution in [1.82, 2.24) is 20.6 Å². The first-order valence-electron chi connectivity index (χ1n) is 6.17. The SMILES string of the molecule is C=C(C)COc1ccccc1NC=C(C#N)c1nn[nH]n1. The van der Waals surface area contributed by atoms with E-state index in [-0.39, 0.29) is 11.4 Å². The number of aromatic nitrogens is 4. The zero-order valence-corrected chi connectivity index (χ0v) is 11.5. The van der Waals surface area contributed by atoms with Crippen molar-refractivity contribution in [2.24, 2.45) is 0 Å². The molecule has 0 unspecified atom stereocenters. The molecular formula is C14H14N6O. The standard InChI is InChI=1S/C14H14N6O/c1-10(2)9-21-13-6-4-3-5-12(13)16-8-11(7-15)14-17-19-20-18-14/h3-6,8,16H,1,9H2,2H3,(H,17,18,19,20). The molecule has 0 aliphatic carbocycles. The molecule has 0 spiro atoms. The second-order valence-electron chi connectivity index (χ2n) is 4.29. The fourth-order valence-corrected chi connectivity index (χ4v) is 1.49. The molecule has 0 aliphatic rings. The molecule has 106 valence electrons. The van der Waals surface area contributed by atoms with Crippen molar-refractivity contribution >= 4 is 11.3 Å². The van der Waals surface area contributed by atoms with E-state index in [1.165, 1.54) is 6.20 Å². The number of hydrogen-bond acceptors (Lipinski definition) is 6. The van der Waals surface area contributed by atoms with Gasteiger partial charge in [-0.15, -0.1) is 10.2 Å². The van der Waals surface area contributed by atoms with Crippen LogP contribution in [0.3, 0.4) is 0 Å². The van der Waals surface area contributed by atoms with Crippen molar-refractivity contribution in [3.05, 3.63) is 48.4 Å². The zero-order valence-electron chi connectivity index (χ0n) is 11.5. The summed E-state index contributed by atoms with van der Waals surface area (Å²) in [6, 6.07) is 9.41. The van der Waals surface area contributed by atoms with Gasteiger partial charge in [-0.05, 0) is 29.8 Å². The number of para-hydroxylation sites is 2. The van der Waals surface area contributed by atoms with Gasteiger partial charge in [-0.25, -0.2) is 0 Å². The van der Waals surface area contributed by atoms with Crippen molar-refractivity contribution in [1.29, 1.82) is 5.26 Å². The molecule has 0 bridgehead atoms. The van der Waals surface area contributed by atoms with Crippen LogP contribution >= 0.6 is 0 Å². The topological polar surface area (TPSA) is 99.5 Å². The molecule has 0 radical (unpaired) electrons. The lowest BCUT2D eigenvalue weighted by atomic mass is 10.2. The minimum absolute atomic E-state index is 0.227. The van der Waals surface area contributed by atoms with Gasteiger partial charge < -0.3 is 10.1 Å². The Hall–Kier alpha value is -3.14. The second-order valence-corrected chi connectivity index (χ2v) is 4.29. The van der Waals surface area contributed by atoms with Crippen LogP contribution in [-0.4, -0.2) is 27.2 Å². The van der Waals surface area contributed by atoms with Crippen molar-refractivity contribution in [2.45, 2.75) is 6.92 Å². The minimum Gasteiger partial charge on any atom is -0.487 e. The van der Waals surface area contributed by atoms with Crippen LogP contribution in [0.5, 0.6) is 5.75 Å². The van der Waals surface area contributed by atoms with Crippen LogP contribution in [0.4, 0.5) is 5.69 Å². The van der Waals surface area contributed by atoms with Gasteiger partial charge in [0.15, 0.2) is 0 Å². The number of nitriles is 1. The molecule has 21 heavy (non-hydrogen) atoms. The number of nitrogens with one attached hydrogen (secondary N) is 2. The number of anilines is 1. The van der Waals surface area contributed by atoms with E-state index in [9.17, 15) is 0 Å². The number of aromatic amines is 1. The Bertz CT molecular complexity index is 684. The third-order valence-electron chi connectivity index (χ3n) is 2.44. The van der Waals surface area contributed by atoms with Gasteiger partial charge in [-0.1, -0.05) is 18.7 Å². The van der Waals surface area contributed by atoms with Crippen LogP contribution in [-0.2, 0) is 0 Å². The first-order chi connectivity index (χ1) is 10.2. The quantitative estimate of drug-likeness (QED) is 0.622. The lowest BCUT2D eigenvalue weighted by Crippen LogP contribution is -2.01. The van der Waals surface area contributed by atoms with E-state index in [1.807, 2.05) is 37.3 Å². The predicted molar refractivity (Wildman–Crippen MR) is 78.1 cm³/mol. The average Bonchev–Trinajstić information content (AvgIpc) is 3.01. The molecule has 0 aliphatic heterocycles. The lowest BCUT2D eigenvalue weighted by Gasteiger charge is -2.11. The number of allylic oxidation sites excluding steroid dienone is 1. The number of hydrogen-bond donors (Lipinski definition) is 2. The van der Waals surface area contributed by atoms with Crippen LogP contribution in [0, 0.1) is 11.3 Å². The monoisotopic (exact) mass is 282 g/mol. The Morgan fingerprint density at radius 1 is 1.52 bits per heavy atom. The van der Waals surface area contributed by atoms with Crippen LogP contribution in [0.15, 0.2) is 42.6 Å². The largest absolute Gasteiger partial charge is 0.487 e. The third-order valence-corrected chi connectivity index (χ3v) is 2.44. The fourth-order valence-electron chi connectivity index (χ4n) is 1.49. The van der Waals surface area contributed by atoms with Gasteiger partial charge >= 0.3 is 0 Å². The number of rotatable bonds is 6. The molecule has 1 aromatic carbocycles. The van der Waals surface area contributed by atoms with E-state index < -0.39 is 0 Å². The van der Waals surface area contributed by atoms with Gasteiger partial charge in [0.1, 0.15) is 24.0 Å². The number of ether oxygens (including phenoxy) is 1. The van der Waals surface area contributed by atoms with Crippen LogP contribution in [0.2, 0.25) is 0 Å². The van der Waals surface area contributed by atoms with Crippen LogP contribution < -0.4 is 10.1 Å². The van der Waals surface area contributed by atoms with E-state index in [0.29, 0.717) is 12.4 Å². The molecule has 2 N–H and O–H groups in total. The second kappa shape index (κ2) is 6.86. The van der Waals surface area contributed by atoms with Gasteiger partial charge in [0.25, 0.3) is 0 Å². The molecule has 0 atom stereocenters. The number of tetrazole rings is 1. The molecule has 0 saturated heterocycles. The Morgan fingerprint density at radius 3 is 3.00 bits per heavy atom. The highest BCUT2D eigenvalue weighted by Gasteiger charge is 2.07. The Labute approximate surface area is 121 Å². The Kier molecular flexibility index (Phi) is 4.66. The van der Waals surface area contributed by atoms with E-state index in [4.69, 9.17) is 10.00 Å². The van der Waals surface area contributed by atoms with Crippen molar-refractivity contribution in [3.63, 3.8) is 0 Å². The summed E-state index contributed by atoms with van der Waals surface area (Å²) in [6.45, 7) is 6.11. The maximum atomic E-state index is 9.10. The minimum atomic E-state index is 0.227. The third kappa shape index (κ3) is 3.91. The van der Waals surface area contributed by atoms with Crippen molar-refractivity contribution in [2.75, 3.05) is 11.9 Å². The van der Waals surface area contributed by atoms with Crippen molar-refractivity contribution in [3.8, 4) is 11.8 Å². The molecule has 2 rings (SSSR count). The number of benzene rings is 1. The van der Waals surface area contributed by atoms with Crippen molar-refractivity contribution < 1.29 is 4.74 Å². The molecule has 0 amide bonds. The highest BCUT2D eigenvalue weighted by Crippen LogP contribution is 2.24. The molecule has 1 heterocycles. The molecule has 0 saturated carbocycles. The summed E-state index contributed by atoms with van der Waals surface area (Å²) in [5.41, 5.74) is 1.92. The average molecular weight is 282 g/mol. The number of H-pyrrole nitrogens is 1. The zero-order chi connectivity index (χ0) is 15.1.